The van der Waals surface area contributed by atoms with Gasteiger partial charge in [0.1, 0.15) is 11.9 Å². The Morgan fingerprint density at radius 2 is 2.25 bits per heavy atom. The molecule has 1 aromatic carbocycles. The number of nitrogens with one attached hydrogen (secondary N) is 1. The van der Waals surface area contributed by atoms with Crippen LogP contribution in [0.15, 0.2) is 36.5 Å². The molecule has 5 nitrogen and oxygen atoms in total. The first-order chi connectivity index (χ1) is 11.7. The maximum absolute atomic E-state index is 11.7. The number of aryl methyl sites for hydroxylation is 1. The summed E-state index contributed by atoms with van der Waals surface area (Å²) in [6.45, 7) is 2.97. The highest BCUT2D eigenvalue weighted by Gasteiger charge is 2.26. The van der Waals surface area contributed by atoms with E-state index in [9.17, 15) is 4.79 Å². The number of nitrogens with zero attached hydrogens (tertiary/aromatic N) is 1. The van der Waals surface area contributed by atoms with Crippen molar-refractivity contribution < 1.29 is 14.3 Å². The van der Waals surface area contributed by atoms with E-state index >= 15 is 0 Å². The Balaban J connectivity index is 1.71. The number of methoxy groups -OCH3 is 1. The van der Waals surface area contributed by atoms with E-state index in [0.29, 0.717) is 19.6 Å². The number of pyridine rings is 1. The van der Waals surface area contributed by atoms with Crippen molar-refractivity contribution in [3.05, 3.63) is 47.7 Å². The van der Waals surface area contributed by atoms with Crippen LogP contribution in [0.4, 0.5) is 0 Å². The number of carbonyl (C=O) groups is 1. The third-order valence-electron chi connectivity index (χ3n) is 4.15. The summed E-state index contributed by atoms with van der Waals surface area (Å²) in [7, 11) is 1.59. The summed E-state index contributed by atoms with van der Waals surface area (Å²) in [4.78, 5) is 16.2. The fourth-order valence-electron chi connectivity index (χ4n) is 2.92. The summed E-state index contributed by atoms with van der Waals surface area (Å²) in [6, 6.07) is 10.1. The van der Waals surface area contributed by atoms with E-state index in [1.165, 1.54) is 0 Å². The average molecular weight is 326 g/mol. The van der Waals surface area contributed by atoms with Crippen LogP contribution in [0, 0.1) is 6.92 Å². The second-order valence-electron chi connectivity index (χ2n) is 5.95. The van der Waals surface area contributed by atoms with Gasteiger partial charge in [-0.05, 0) is 30.2 Å². The third kappa shape index (κ3) is 3.57. The zero-order valence-electron chi connectivity index (χ0n) is 14.0. The fraction of sp³-hybridized carbons (Fsp3) is 0.368. The Kier molecular flexibility index (Phi) is 5.11. The predicted molar refractivity (Wildman–Crippen MR) is 92.0 cm³/mol. The van der Waals surface area contributed by atoms with Gasteiger partial charge in [-0.3, -0.25) is 9.78 Å². The van der Waals surface area contributed by atoms with Gasteiger partial charge in [0.25, 0.3) is 0 Å². The van der Waals surface area contributed by atoms with Crippen LogP contribution >= 0.6 is 0 Å². The van der Waals surface area contributed by atoms with Gasteiger partial charge in [0.05, 0.1) is 18.8 Å². The maximum atomic E-state index is 11.7. The molecule has 0 radical (unpaired) electrons. The molecule has 1 aromatic heterocycles. The maximum Gasteiger partial charge on any atom is 0.222 e. The quantitative estimate of drug-likeness (QED) is 0.886. The van der Waals surface area contributed by atoms with Gasteiger partial charge in [-0.25, -0.2) is 0 Å². The molecule has 0 spiro atoms. The van der Waals surface area contributed by atoms with E-state index in [-0.39, 0.29) is 12.0 Å². The van der Waals surface area contributed by atoms with E-state index in [4.69, 9.17) is 9.47 Å². The minimum Gasteiger partial charge on any atom is -0.487 e. The standard InChI is InChI=1S/C19H22N2O3/c1-13-5-4-9-20-18(13)16-7-3-6-14-11-15(24-19(14)16)12-21-17(22)8-10-23-2/h3-7,9,15H,8,10-12H2,1-2H3,(H,21,22). The van der Waals surface area contributed by atoms with E-state index in [0.717, 1.165) is 34.6 Å². The molecular weight excluding hydrogens is 304 g/mol. The monoisotopic (exact) mass is 326 g/mol. The summed E-state index contributed by atoms with van der Waals surface area (Å²) in [5.41, 5.74) is 4.23. The van der Waals surface area contributed by atoms with Crippen molar-refractivity contribution >= 4 is 5.91 Å². The summed E-state index contributed by atoms with van der Waals surface area (Å²) < 4.78 is 11.0. The number of amides is 1. The lowest BCUT2D eigenvalue weighted by atomic mass is 10.0. The zero-order valence-corrected chi connectivity index (χ0v) is 14.0. The van der Waals surface area contributed by atoms with Crippen molar-refractivity contribution in [3.63, 3.8) is 0 Å². The Bertz CT molecular complexity index is 730. The highest BCUT2D eigenvalue weighted by atomic mass is 16.5. The molecule has 1 aliphatic rings. The molecule has 0 saturated carbocycles. The van der Waals surface area contributed by atoms with Crippen LogP contribution in [-0.4, -0.2) is 37.3 Å². The molecule has 1 aliphatic heterocycles. The lowest BCUT2D eigenvalue weighted by molar-refractivity contribution is -0.122. The number of fused-ring (bicyclic) bond motifs is 1. The number of hydrogen-bond donors (Lipinski definition) is 1. The summed E-state index contributed by atoms with van der Waals surface area (Å²) in [5, 5.41) is 2.91. The fourth-order valence-corrected chi connectivity index (χ4v) is 2.92. The highest BCUT2D eigenvalue weighted by molar-refractivity contribution is 5.76. The average Bonchev–Trinajstić information content (AvgIpc) is 3.02. The van der Waals surface area contributed by atoms with E-state index in [1.807, 2.05) is 31.2 Å². The predicted octanol–water partition coefficient (Wildman–Crippen LogP) is 2.51. The molecule has 5 heteroatoms. The molecule has 1 N–H and O–H groups in total. The van der Waals surface area contributed by atoms with Crippen molar-refractivity contribution in [3.8, 4) is 17.0 Å². The second-order valence-corrected chi connectivity index (χ2v) is 5.95. The van der Waals surface area contributed by atoms with Crippen molar-refractivity contribution in [2.45, 2.75) is 25.9 Å². The molecule has 1 amide bonds. The zero-order chi connectivity index (χ0) is 16.9. The Hall–Kier alpha value is -2.40. The molecule has 1 unspecified atom stereocenters. The van der Waals surface area contributed by atoms with Gasteiger partial charge >= 0.3 is 0 Å². The smallest absolute Gasteiger partial charge is 0.222 e. The van der Waals surface area contributed by atoms with Gasteiger partial charge in [-0.1, -0.05) is 18.2 Å². The molecule has 3 rings (SSSR count). The van der Waals surface area contributed by atoms with Crippen molar-refractivity contribution in [2.24, 2.45) is 0 Å². The first-order valence-electron chi connectivity index (χ1n) is 8.15. The molecule has 0 fully saturated rings. The van der Waals surface area contributed by atoms with Crippen molar-refractivity contribution in [1.29, 1.82) is 0 Å². The first kappa shape index (κ1) is 16.5. The molecule has 2 aromatic rings. The molecule has 126 valence electrons. The lowest BCUT2D eigenvalue weighted by Gasteiger charge is -2.14. The first-order valence-corrected chi connectivity index (χ1v) is 8.15. The number of rotatable bonds is 6. The summed E-state index contributed by atoms with van der Waals surface area (Å²) >= 11 is 0. The molecule has 24 heavy (non-hydrogen) atoms. The Labute approximate surface area is 142 Å². The van der Waals surface area contributed by atoms with Gasteiger partial charge in [0.2, 0.25) is 5.91 Å². The Morgan fingerprint density at radius 3 is 3.04 bits per heavy atom. The molecule has 2 heterocycles. The molecule has 1 atom stereocenters. The number of para-hydroxylation sites is 1. The topological polar surface area (TPSA) is 60.5 Å². The van der Waals surface area contributed by atoms with Gasteiger partial charge in [-0.15, -0.1) is 0 Å². The number of hydrogen-bond acceptors (Lipinski definition) is 4. The van der Waals surface area contributed by atoms with Crippen LogP contribution in [0.5, 0.6) is 5.75 Å². The van der Waals surface area contributed by atoms with Crippen LogP contribution in [-0.2, 0) is 16.0 Å². The number of carbonyl (C=O) groups excluding carboxylic acids is 1. The minimum atomic E-state index is -0.0448. The highest BCUT2D eigenvalue weighted by Crippen LogP contribution is 2.38. The van der Waals surface area contributed by atoms with Gasteiger partial charge in [-0.2, -0.15) is 0 Å². The van der Waals surface area contributed by atoms with Gasteiger partial charge in [0.15, 0.2) is 0 Å². The van der Waals surface area contributed by atoms with Crippen LogP contribution in [0.1, 0.15) is 17.5 Å². The summed E-state index contributed by atoms with van der Waals surface area (Å²) in [5.74, 6) is 0.868. The largest absolute Gasteiger partial charge is 0.487 e. The van der Waals surface area contributed by atoms with E-state index in [2.05, 4.69) is 16.4 Å². The van der Waals surface area contributed by atoms with Crippen LogP contribution in [0.3, 0.4) is 0 Å². The number of benzene rings is 1. The summed E-state index contributed by atoms with van der Waals surface area (Å²) in [6.07, 6.45) is 2.91. The van der Waals surface area contributed by atoms with Crippen LogP contribution < -0.4 is 10.1 Å². The van der Waals surface area contributed by atoms with E-state index < -0.39 is 0 Å². The van der Waals surface area contributed by atoms with E-state index in [1.54, 1.807) is 13.3 Å². The van der Waals surface area contributed by atoms with Gasteiger partial charge < -0.3 is 14.8 Å². The molecule has 0 bridgehead atoms. The van der Waals surface area contributed by atoms with Gasteiger partial charge in [0, 0.05) is 31.7 Å². The number of ether oxygens (including phenoxy) is 2. The van der Waals surface area contributed by atoms with Crippen LogP contribution in [0.2, 0.25) is 0 Å². The SMILES string of the molecule is COCCC(=O)NCC1Cc2cccc(-c3ncccc3C)c2O1. The minimum absolute atomic E-state index is 0.0165. The Morgan fingerprint density at radius 1 is 1.38 bits per heavy atom. The molecular formula is C19H22N2O3. The van der Waals surface area contributed by atoms with Crippen molar-refractivity contribution in [2.75, 3.05) is 20.3 Å². The second kappa shape index (κ2) is 7.45. The molecule has 0 aliphatic carbocycles. The normalized spacial score (nSPS) is 15.7. The molecule has 0 saturated heterocycles. The third-order valence-corrected chi connectivity index (χ3v) is 4.15. The van der Waals surface area contributed by atoms with Crippen molar-refractivity contribution in [1.82, 2.24) is 10.3 Å². The lowest BCUT2D eigenvalue weighted by Crippen LogP contribution is -2.34. The van der Waals surface area contributed by atoms with Crippen LogP contribution in [0.25, 0.3) is 11.3 Å². The number of aromatic nitrogens is 1.